The molecule has 0 saturated carbocycles. The monoisotopic (exact) mass is 539 g/mol. The number of likely N-dealkylation sites (tertiary alicyclic amines) is 2. The number of halogens is 3. The van der Waals surface area contributed by atoms with E-state index in [1.165, 1.54) is 4.90 Å². The molecule has 0 radical (unpaired) electrons. The van der Waals surface area contributed by atoms with Crippen LogP contribution in [-0.4, -0.2) is 76.1 Å². The lowest BCUT2D eigenvalue weighted by Gasteiger charge is -2.39. The molecular weight excluding hydrogens is 511 g/mol. The van der Waals surface area contributed by atoms with E-state index < -0.39 is 30.1 Å². The van der Waals surface area contributed by atoms with Crippen LogP contribution in [0, 0.1) is 6.92 Å². The zero-order valence-corrected chi connectivity index (χ0v) is 21.4. The lowest BCUT2D eigenvalue weighted by molar-refractivity contribution is -0.182. The van der Waals surface area contributed by atoms with Crippen LogP contribution < -0.4 is 4.90 Å². The Balaban J connectivity index is 1.24. The number of nitrogens with zero attached hydrogens (tertiary/aromatic N) is 4. The number of aromatic amines is 1. The summed E-state index contributed by atoms with van der Waals surface area (Å²) < 4.78 is 40.5. The second kappa shape index (κ2) is 9.10. The van der Waals surface area contributed by atoms with Gasteiger partial charge in [0.15, 0.2) is 0 Å². The summed E-state index contributed by atoms with van der Waals surface area (Å²) in [4.78, 5) is 44.4. The van der Waals surface area contributed by atoms with Crippen LogP contribution in [0.2, 0.25) is 0 Å². The van der Waals surface area contributed by atoms with E-state index in [1.54, 1.807) is 41.4 Å². The first-order valence-electron chi connectivity index (χ1n) is 13.1. The van der Waals surface area contributed by atoms with Gasteiger partial charge in [0.05, 0.1) is 17.1 Å². The van der Waals surface area contributed by atoms with Gasteiger partial charge in [-0.3, -0.25) is 19.5 Å². The van der Waals surface area contributed by atoms with Gasteiger partial charge in [0.1, 0.15) is 12.6 Å². The summed E-state index contributed by atoms with van der Waals surface area (Å²) >= 11 is 0. The molecule has 11 heteroatoms. The molecule has 3 amide bonds. The average molecular weight is 540 g/mol. The number of nitrogens with one attached hydrogen (secondary N) is 1. The molecule has 4 heterocycles. The van der Waals surface area contributed by atoms with Gasteiger partial charge < -0.3 is 14.7 Å². The SMILES string of the molecule is Cc1cccc2c1C1(CCN(C(=O)c3ccc4[nH]ncc4c3)CC1)C(=O)N2CC(=O)N1CCCC1C(F)(F)F. The fourth-order valence-electron chi connectivity index (χ4n) is 6.58. The highest BCUT2D eigenvalue weighted by atomic mass is 19.4. The number of hydrogen-bond donors (Lipinski definition) is 1. The lowest BCUT2D eigenvalue weighted by atomic mass is 9.72. The number of alkyl halides is 3. The normalized spacial score (nSPS) is 20.8. The van der Waals surface area contributed by atoms with E-state index in [4.69, 9.17) is 0 Å². The Morgan fingerprint density at radius 3 is 2.64 bits per heavy atom. The van der Waals surface area contributed by atoms with E-state index in [2.05, 4.69) is 10.2 Å². The van der Waals surface area contributed by atoms with Crippen molar-refractivity contribution in [1.29, 1.82) is 0 Å². The van der Waals surface area contributed by atoms with Gasteiger partial charge in [0, 0.05) is 36.3 Å². The predicted octanol–water partition coefficient (Wildman–Crippen LogP) is 3.95. The second-order valence-corrected chi connectivity index (χ2v) is 10.7. The Kier molecular flexibility index (Phi) is 5.92. The summed E-state index contributed by atoms with van der Waals surface area (Å²) in [5, 5.41) is 7.69. The minimum Gasteiger partial charge on any atom is -0.339 e. The molecule has 204 valence electrons. The summed E-state index contributed by atoms with van der Waals surface area (Å²) in [5.74, 6) is -1.12. The standard InChI is InChI=1S/C28H28F3N5O3/c1-17-4-2-5-21-24(17)27(26(39)36(21)16-23(37)35-11-3-6-22(35)28(29,30)31)9-12-34(13-10-27)25(38)18-7-8-20-19(14-18)15-32-33-20/h2,4-5,7-8,14-15,22H,3,6,9-13,16H2,1H3,(H,32,33). The third-order valence-corrected chi connectivity index (χ3v) is 8.51. The van der Waals surface area contributed by atoms with Crippen LogP contribution in [0.5, 0.6) is 0 Å². The van der Waals surface area contributed by atoms with E-state index in [0.717, 1.165) is 26.9 Å². The van der Waals surface area contributed by atoms with Crippen LogP contribution in [0.25, 0.3) is 10.9 Å². The van der Waals surface area contributed by atoms with Gasteiger partial charge in [-0.1, -0.05) is 12.1 Å². The predicted molar refractivity (Wildman–Crippen MR) is 137 cm³/mol. The summed E-state index contributed by atoms with van der Waals surface area (Å²) in [5.41, 5.74) is 2.70. The Labute approximate surface area is 222 Å². The first-order chi connectivity index (χ1) is 18.6. The number of amides is 3. The highest BCUT2D eigenvalue weighted by Gasteiger charge is 2.54. The van der Waals surface area contributed by atoms with Crippen LogP contribution in [0.1, 0.15) is 47.2 Å². The zero-order chi connectivity index (χ0) is 27.5. The molecule has 1 atom stereocenters. The van der Waals surface area contributed by atoms with Crippen molar-refractivity contribution in [3.05, 3.63) is 59.3 Å². The molecule has 0 bridgehead atoms. The van der Waals surface area contributed by atoms with E-state index in [0.29, 0.717) is 37.2 Å². The van der Waals surface area contributed by atoms with Gasteiger partial charge in [-0.2, -0.15) is 18.3 Å². The van der Waals surface area contributed by atoms with Crippen molar-refractivity contribution in [3.8, 4) is 0 Å². The summed E-state index contributed by atoms with van der Waals surface area (Å²) in [6, 6.07) is 8.96. The van der Waals surface area contributed by atoms with E-state index >= 15 is 0 Å². The fourth-order valence-corrected chi connectivity index (χ4v) is 6.58. The van der Waals surface area contributed by atoms with Crippen LogP contribution in [0.4, 0.5) is 18.9 Å². The number of aromatic nitrogens is 2. The third-order valence-electron chi connectivity index (χ3n) is 8.51. The quantitative estimate of drug-likeness (QED) is 0.546. The van der Waals surface area contributed by atoms with E-state index in [-0.39, 0.29) is 31.2 Å². The Morgan fingerprint density at radius 1 is 1.13 bits per heavy atom. The van der Waals surface area contributed by atoms with Crippen molar-refractivity contribution in [2.45, 2.75) is 50.2 Å². The maximum atomic E-state index is 14.0. The molecule has 6 rings (SSSR count). The van der Waals surface area contributed by atoms with Gasteiger partial charge in [0.2, 0.25) is 11.8 Å². The van der Waals surface area contributed by atoms with Crippen molar-refractivity contribution >= 4 is 34.3 Å². The number of aryl methyl sites for hydroxylation is 1. The molecule has 3 aromatic rings. The number of fused-ring (bicyclic) bond motifs is 3. The highest BCUT2D eigenvalue weighted by molar-refractivity contribution is 6.11. The van der Waals surface area contributed by atoms with Gasteiger partial charge in [-0.25, -0.2) is 0 Å². The Bertz CT molecular complexity index is 1470. The maximum absolute atomic E-state index is 14.0. The topological polar surface area (TPSA) is 89.6 Å². The number of piperidine rings is 1. The van der Waals surface area contributed by atoms with Gasteiger partial charge in [-0.15, -0.1) is 0 Å². The lowest BCUT2D eigenvalue weighted by Crippen LogP contribution is -2.53. The molecule has 2 aromatic carbocycles. The van der Waals surface area contributed by atoms with Gasteiger partial charge >= 0.3 is 6.18 Å². The third kappa shape index (κ3) is 4.06. The molecule has 3 aliphatic heterocycles. The minimum absolute atomic E-state index is 0.0263. The molecule has 1 spiro atoms. The number of carbonyl (C=O) groups is 3. The van der Waals surface area contributed by atoms with Crippen molar-refractivity contribution < 1.29 is 27.6 Å². The van der Waals surface area contributed by atoms with E-state index in [9.17, 15) is 27.6 Å². The van der Waals surface area contributed by atoms with Crippen molar-refractivity contribution in [2.24, 2.45) is 0 Å². The number of anilines is 1. The molecule has 3 aliphatic rings. The van der Waals surface area contributed by atoms with Crippen LogP contribution in [0.3, 0.4) is 0 Å². The summed E-state index contributed by atoms with van der Waals surface area (Å²) in [7, 11) is 0. The fraction of sp³-hybridized carbons (Fsp3) is 0.429. The molecule has 2 fully saturated rings. The molecule has 8 nitrogen and oxygen atoms in total. The van der Waals surface area contributed by atoms with Crippen molar-refractivity contribution in [3.63, 3.8) is 0 Å². The van der Waals surface area contributed by atoms with Crippen molar-refractivity contribution in [1.82, 2.24) is 20.0 Å². The van der Waals surface area contributed by atoms with Gasteiger partial charge in [-0.05, 0) is 68.0 Å². The van der Waals surface area contributed by atoms with Crippen molar-refractivity contribution in [2.75, 3.05) is 31.1 Å². The Hall–Kier alpha value is -3.89. The smallest absolute Gasteiger partial charge is 0.339 e. The average Bonchev–Trinajstić information content (AvgIpc) is 3.64. The van der Waals surface area contributed by atoms with Crippen LogP contribution in [-0.2, 0) is 15.0 Å². The molecule has 1 N–H and O–H groups in total. The maximum Gasteiger partial charge on any atom is 0.408 e. The molecular formula is C28H28F3N5O3. The number of carbonyl (C=O) groups excluding carboxylic acids is 3. The minimum atomic E-state index is -4.50. The molecule has 1 aromatic heterocycles. The molecule has 1 unspecified atom stereocenters. The summed E-state index contributed by atoms with van der Waals surface area (Å²) in [6.45, 7) is 2.17. The number of hydrogen-bond acceptors (Lipinski definition) is 4. The first-order valence-corrected chi connectivity index (χ1v) is 13.1. The van der Waals surface area contributed by atoms with Gasteiger partial charge in [0.25, 0.3) is 5.91 Å². The number of H-pyrrole nitrogens is 1. The number of rotatable bonds is 3. The first kappa shape index (κ1) is 25.4. The highest BCUT2D eigenvalue weighted by Crippen LogP contribution is 2.49. The zero-order valence-electron chi connectivity index (χ0n) is 21.4. The van der Waals surface area contributed by atoms with Crippen LogP contribution in [0.15, 0.2) is 42.6 Å². The second-order valence-electron chi connectivity index (χ2n) is 10.7. The molecule has 2 saturated heterocycles. The molecule has 39 heavy (non-hydrogen) atoms. The summed E-state index contributed by atoms with van der Waals surface area (Å²) in [6.07, 6.45) is -1.96. The largest absolute Gasteiger partial charge is 0.408 e. The van der Waals surface area contributed by atoms with Crippen LogP contribution >= 0.6 is 0 Å². The number of benzene rings is 2. The van der Waals surface area contributed by atoms with E-state index in [1.807, 2.05) is 13.0 Å². The molecule has 0 aliphatic carbocycles. The Morgan fingerprint density at radius 2 is 1.90 bits per heavy atom.